The summed E-state index contributed by atoms with van der Waals surface area (Å²) in [5.41, 5.74) is 2.16. The van der Waals surface area contributed by atoms with E-state index in [0.717, 1.165) is 42.7 Å². The normalized spacial score (nSPS) is 17.5. The molecule has 1 unspecified atom stereocenters. The van der Waals surface area contributed by atoms with Crippen LogP contribution in [0.5, 0.6) is 5.75 Å². The number of carbonyl (C=O) groups excluding carboxylic acids is 1. The smallest absolute Gasteiger partial charge is 0.237 e. The van der Waals surface area contributed by atoms with Crippen LogP contribution >= 0.6 is 0 Å². The zero-order valence-corrected chi connectivity index (χ0v) is 13.5. The quantitative estimate of drug-likeness (QED) is 0.719. The predicted molar refractivity (Wildman–Crippen MR) is 86.0 cm³/mol. The minimum absolute atomic E-state index is 0.0449. The van der Waals surface area contributed by atoms with Gasteiger partial charge in [0.2, 0.25) is 5.91 Å². The van der Waals surface area contributed by atoms with Crippen LogP contribution in [0.1, 0.15) is 30.4 Å². The topological polar surface area (TPSA) is 59.6 Å². The highest BCUT2D eigenvalue weighted by atomic mass is 16.5. The van der Waals surface area contributed by atoms with Gasteiger partial charge in [0.05, 0.1) is 12.6 Å². The van der Waals surface area contributed by atoms with E-state index in [2.05, 4.69) is 10.6 Å². The van der Waals surface area contributed by atoms with Crippen molar-refractivity contribution < 1.29 is 14.3 Å². The number of aryl methyl sites for hydroxylation is 1. The van der Waals surface area contributed by atoms with Gasteiger partial charge in [-0.15, -0.1) is 0 Å². The fraction of sp³-hybridized carbons (Fsp3) is 0.588. The fourth-order valence-electron chi connectivity index (χ4n) is 2.54. The van der Waals surface area contributed by atoms with Crippen molar-refractivity contribution in [1.82, 2.24) is 10.6 Å². The van der Waals surface area contributed by atoms with E-state index in [1.165, 1.54) is 0 Å². The van der Waals surface area contributed by atoms with Crippen molar-refractivity contribution in [1.29, 1.82) is 0 Å². The molecule has 0 aromatic heterocycles. The molecule has 1 amide bonds. The largest absolute Gasteiger partial charge is 0.493 e. The van der Waals surface area contributed by atoms with Gasteiger partial charge < -0.3 is 20.1 Å². The van der Waals surface area contributed by atoms with Crippen LogP contribution in [0.25, 0.3) is 0 Å². The van der Waals surface area contributed by atoms with E-state index in [-0.39, 0.29) is 11.9 Å². The molecule has 1 fully saturated rings. The van der Waals surface area contributed by atoms with Gasteiger partial charge in [-0.25, -0.2) is 0 Å². The lowest BCUT2D eigenvalue weighted by Gasteiger charge is -2.15. The number of hydrogen-bond acceptors (Lipinski definition) is 4. The van der Waals surface area contributed by atoms with Crippen molar-refractivity contribution in [3.63, 3.8) is 0 Å². The molecule has 1 aliphatic rings. The summed E-state index contributed by atoms with van der Waals surface area (Å²) in [7, 11) is 1.69. The Bertz CT molecular complexity index is 485. The molecule has 1 saturated heterocycles. The number of nitrogens with one attached hydrogen (secondary N) is 2. The lowest BCUT2D eigenvalue weighted by molar-refractivity contribution is -0.122. The van der Waals surface area contributed by atoms with E-state index in [1.54, 1.807) is 7.11 Å². The molecule has 1 atom stereocenters. The maximum Gasteiger partial charge on any atom is 0.237 e. The van der Waals surface area contributed by atoms with Gasteiger partial charge in [-0.05, 0) is 37.9 Å². The fourth-order valence-corrected chi connectivity index (χ4v) is 2.54. The van der Waals surface area contributed by atoms with Gasteiger partial charge >= 0.3 is 0 Å². The maximum atomic E-state index is 12.1. The van der Waals surface area contributed by atoms with Crippen LogP contribution in [0.15, 0.2) is 18.2 Å². The van der Waals surface area contributed by atoms with Crippen molar-refractivity contribution in [2.75, 3.05) is 26.9 Å². The van der Waals surface area contributed by atoms with Gasteiger partial charge in [-0.1, -0.05) is 12.1 Å². The van der Waals surface area contributed by atoms with Crippen LogP contribution in [-0.4, -0.2) is 38.8 Å². The average Bonchev–Trinajstić information content (AvgIpc) is 3.05. The van der Waals surface area contributed by atoms with Crippen LogP contribution in [0.4, 0.5) is 0 Å². The average molecular weight is 306 g/mol. The van der Waals surface area contributed by atoms with Crippen LogP contribution in [0.2, 0.25) is 0 Å². The highest BCUT2D eigenvalue weighted by molar-refractivity contribution is 5.82. The monoisotopic (exact) mass is 306 g/mol. The van der Waals surface area contributed by atoms with Gasteiger partial charge in [0.25, 0.3) is 0 Å². The van der Waals surface area contributed by atoms with Crippen LogP contribution in [-0.2, 0) is 16.1 Å². The first kappa shape index (κ1) is 16.8. The lowest BCUT2D eigenvalue weighted by atomic mass is 10.1. The molecule has 2 rings (SSSR count). The minimum Gasteiger partial charge on any atom is -0.493 e. The molecule has 1 heterocycles. The van der Waals surface area contributed by atoms with E-state index < -0.39 is 0 Å². The molecule has 5 heteroatoms. The summed E-state index contributed by atoms with van der Waals surface area (Å²) < 4.78 is 10.9. The van der Waals surface area contributed by atoms with Crippen molar-refractivity contribution >= 4 is 5.91 Å². The Labute approximate surface area is 132 Å². The molecule has 22 heavy (non-hydrogen) atoms. The van der Waals surface area contributed by atoms with Gasteiger partial charge in [0, 0.05) is 32.2 Å². The van der Waals surface area contributed by atoms with E-state index in [9.17, 15) is 4.79 Å². The number of rotatable bonds is 8. The molecule has 0 spiro atoms. The highest BCUT2D eigenvalue weighted by Gasteiger charge is 2.21. The van der Waals surface area contributed by atoms with Crippen molar-refractivity contribution in [3.8, 4) is 5.75 Å². The predicted octanol–water partition coefficient (Wildman–Crippen LogP) is 1.78. The standard InChI is InChI=1S/C17H26N2O3/c1-13-6-7-14(16(11-13)22-10-4-9-21-2)12-19-17(20)15-5-3-8-18-15/h6-7,11,15,18H,3-5,8-10,12H2,1-2H3,(H,19,20). The molecule has 2 N–H and O–H groups in total. The molecule has 0 saturated carbocycles. The number of carbonyl (C=O) groups is 1. The van der Waals surface area contributed by atoms with E-state index in [0.29, 0.717) is 19.8 Å². The maximum absolute atomic E-state index is 12.1. The Balaban J connectivity index is 1.89. The molecule has 0 aliphatic carbocycles. The Kier molecular flexibility index (Phi) is 6.68. The molecular weight excluding hydrogens is 280 g/mol. The second-order valence-electron chi connectivity index (χ2n) is 5.67. The second kappa shape index (κ2) is 8.76. The molecule has 5 nitrogen and oxygen atoms in total. The Hall–Kier alpha value is -1.59. The van der Waals surface area contributed by atoms with Gasteiger partial charge in [0.1, 0.15) is 5.75 Å². The molecule has 0 radical (unpaired) electrons. The summed E-state index contributed by atoms with van der Waals surface area (Å²) >= 11 is 0. The lowest BCUT2D eigenvalue weighted by Crippen LogP contribution is -2.40. The molecule has 1 aromatic rings. The number of ether oxygens (including phenoxy) is 2. The molecule has 122 valence electrons. The third kappa shape index (κ3) is 5.00. The second-order valence-corrected chi connectivity index (χ2v) is 5.67. The SMILES string of the molecule is COCCCOc1cc(C)ccc1CNC(=O)C1CCCN1. The van der Waals surface area contributed by atoms with E-state index in [4.69, 9.17) is 9.47 Å². The zero-order chi connectivity index (χ0) is 15.8. The third-order valence-corrected chi connectivity index (χ3v) is 3.80. The summed E-state index contributed by atoms with van der Waals surface area (Å²) in [6.45, 7) is 4.76. The van der Waals surface area contributed by atoms with E-state index >= 15 is 0 Å². The molecule has 0 bridgehead atoms. The van der Waals surface area contributed by atoms with Crippen molar-refractivity contribution in [3.05, 3.63) is 29.3 Å². The number of hydrogen-bond donors (Lipinski definition) is 2. The molecule has 1 aromatic carbocycles. The summed E-state index contributed by atoms with van der Waals surface area (Å²) in [6.07, 6.45) is 2.83. The zero-order valence-electron chi connectivity index (χ0n) is 13.5. The van der Waals surface area contributed by atoms with Gasteiger partial charge in [0.15, 0.2) is 0 Å². The van der Waals surface area contributed by atoms with Crippen LogP contribution in [0, 0.1) is 6.92 Å². The van der Waals surface area contributed by atoms with Gasteiger partial charge in [-0.2, -0.15) is 0 Å². The first-order chi connectivity index (χ1) is 10.7. The Morgan fingerprint density at radius 3 is 3.00 bits per heavy atom. The number of benzene rings is 1. The number of methoxy groups -OCH3 is 1. The van der Waals surface area contributed by atoms with Crippen molar-refractivity contribution in [2.45, 2.75) is 38.8 Å². The first-order valence-corrected chi connectivity index (χ1v) is 7.93. The summed E-state index contributed by atoms with van der Waals surface area (Å²) in [5.74, 6) is 0.916. The summed E-state index contributed by atoms with van der Waals surface area (Å²) in [5, 5.41) is 6.20. The molecular formula is C17H26N2O3. The van der Waals surface area contributed by atoms with Crippen LogP contribution in [0.3, 0.4) is 0 Å². The third-order valence-electron chi connectivity index (χ3n) is 3.80. The van der Waals surface area contributed by atoms with Gasteiger partial charge in [-0.3, -0.25) is 4.79 Å². The Morgan fingerprint density at radius 1 is 1.41 bits per heavy atom. The summed E-state index contributed by atoms with van der Waals surface area (Å²) in [6, 6.07) is 6.03. The van der Waals surface area contributed by atoms with E-state index in [1.807, 2.05) is 25.1 Å². The van der Waals surface area contributed by atoms with Crippen LogP contribution < -0.4 is 15.4 Å². The highest BCUT2D eigenvalue weighted by Crippen LogP contribution is 2.20. The number of amides is 1. The molecule has 1 aliphatic heterocycles. The first-order valence-electron chi connectivity index (χ1n) is 7.93. The van der Waals surface area contributed by atoms with Crippen molar-refractivity contribution in [2.24, 2.45) is 0 Å². The minimum atomic E-state index is -0.0449. The Morgan fingerprint density at radius 2 is 2.27 bits per heavy atom. The summed E-state index contributed by atoms with van der Waals surface area (Å²) in [4.78, 5) is 12.1.